The number of fused-ring (bicyclic) bond motifs is 1. The molecular formula is C11H13N5O2. The molecule has 3 rings (SSSR count). The molecule has 0 bridgehead atoms. The number of aromatic amines is 1. The van der Waals surface area contributed by atoms with Crippen molar-refractivity contribution in [2.24, 2.45) is 0 Å². The number of anilines is 1. The molecule has 1 aliphatic rings. The minimum Gasteiger partial charge on any atom is -0.447 e. The maximum atomic E-state index is 11.8. The minimum absolute atomic E-state index is 0.153. The lowest BCUT2D eigenvalue weighted by molar-refractivity contribution is 0.222. The van der Waals surface area contributed by atoms with Crippen LogP contribution in [0.15, 0.2) is 21.8 Å². The van der Waals surface area contributed by atoms with E-state index in [1.165, 1.54) is 6.39 Å². The second-order valence-electron chi connectivity index (χ2n) is 4.30. The number of nitrogens with one attached hydrogen (secondary N) is 1. The molecule has 94 valence electrons. The number of hydrogen-bond donors (Lipinski definition) is 2. The zero-order valence-corrected chi connectivity index (χ0v) is 9.72. The zero-order valence-electron chi connectivity index (χ0n) is 9.72. The highest BCUT2D eigenvalue weighted by Crippen LogP contribution is 2.16. The summed E-state index contributed by atoms with van der Waals surface area (Å²) >= 11 is 0. The van der Waals surface area contributed by atoms with Gasteiger partial charge in [0, 0.05) is 19.5 Å². The molecule has 0 fully saturated rings. The smallest absolute Gasteiger partial charge is 0.257 e. The molecule has 0 atom stereocenters. The third-order valence-electron chi connectivity index (χ3n) is 3.03. The standard InChI is InChI=1S/C11H13N5O2/c12-11-14-9-1-2-16(4-7-3-13-6-18-7)5-8(9)10(17)15-11/h3,6H,1-2,4-5H2,(H3,12,14,15,17). The van der Waals surface area contributed by atoms with Crippen molar-refractivity contribution in [3.05, 3.63) is 40.0 Å². The van der Waals surface area contributed by atoms with Crippen LogP contribution in [0.1, 0.15) is 17.0 Å². The van der Waals surface area contributed by atoms with Crippen LogP contribution >= 0.6 is 0 Å². The summed E-state index contributed by atoms with van der Waals surface area (Å²) in [4.78, 5) is 24.5. The molecule has 0 unspecified atom stereocenters. The topological polar surface area (TPSA) is 101 Å². The van der Waals surface area contributed by atoms with Crippen molar-refractivity contribution in [2.75, 3.05) is 12.3 Å². The van der Waals surface area contributed by atoms with Crippen molar-refractivity contribution in [1.29, 1.82) is 0 Å². The summed E-state index contributed by atoms with van der Waals surface area (Å²) in [5.74, 6) is 0.973. The van der Waals surface area contributed by atoms with Gasteiger partial charge in [-0.3, -0.25) is 14.7 Å². The van der Waals surface area contributed by atoms with Crippen molar-refractivity contribution < 1.29 is 4.42 Å². The minimum atomic E-state index is -0.153. The summed E-state index contributed by atoms with van der Waals surface area (Å²) in [5, 5.41) is 0. The number of H-pyrrole nitrogens is 1. The van der Waals surface area contributed by atoms with E-state index in [-0.39, 0.29) is 11.5 Å². The van der Waals surface area contributed by atoms with Crippen molar-refractivity contribution in [3.8, 4) is 0 Å². The van der Waals surface area contributed by atoms with E-state index in [2.05, 4.69) is 19.9 Å². The highest BCUT2D eigenvalue weighted by Gasteiger charge is 2.21. The first-order chi connectivity index (χ1) is 8.72. The fourth-order valence-electron chi connectivity index (χ4n) is 2.18. The molecule has 0 amide bonds. The molecule has 7 nitrogen and oxygen atoms in total. The Bertz CT molecular complexity index is 604. The molecule has 0 spiro atoms. The van der Waals surface area contributed by atoms with Crippen LogP contribution in [0.5, 0.6) is 0 Å². The zero-order chi connectivity index (χ0) is 12.5. The number of rotatable bonds is 2. The molecule has 3 N–H and O–H groups in total. The lowest BCUT2D eigenvalue weighted by atomic mass is 10.1. The number of nitrogens with zero attached hydrogens (tertiary/aromatic N) is 3. The van der Waals surface area contributed by atoms with E-state index in [0.717, 1.165) is 24.4 Å². The highest BCUT2D eigenvalue weighted by molar-refractivity contribution is 5.27. The average Bonchev–Trinajstić information content (AvgIpc) is 2.83. The first kappa shape index (κ1) is 11.0. The molecule has 2 aromatic heterocycles. The van der Waals surface area contributed by atoms with Crippen molar-refractivity contribution in [3.63, 3.8) is 0 Å². The summed E-state index contributed by atoms with van der Waals surface area (Å²) < 4.78 is 5.20. The normalized spacial score (nSPS) is 15.6. The lowest BCUT2D eigenvalue weighted by Crippen LogP contribution is -2.35. The number of nitrogen functional groups attached to an aromatic ring is 1. The van der Waals surface area contributed by atoms with Crippen LogP contribution in [-0.2, 0) is 19.5 Å². The lowest BCUT2D eigenvalue weighted by Gasteiger charge is -2.26. The van der Waals surface area contributed by atoms with Crippen LogP contribution < -0.4 is 11.3 Å². The first-order valence-corrected chi connectivity index (χ1v) is 5.69. The van der Waals surface area contributed by atoms with Gasteiger partial charge in [0.25, 0.3) is 5.56 Å². The summed E-state index contributed by atoms with van der Waals surface area (Å²) in [6.07, 6.45) is 3.81. The maximum absolute atomic E-state index is 11.8. The molecule has 0 aliphatic carbocycles. The molecule has 0 saturated carbocycles. The van der Waals surface area contributed by atoms with Gasteiger partial charge in [0.1, 0.15) is 5.76 Å². The Balaban J connectivity index is 1.83. The van der Waals surface area contributed by atoms with E-state index in [0.29, 0.717) is 18.7 Å². The summed E-state index contributed by atoms with van der Waals surface area (Å²) in [7, 11) is 0. The van der Waals surface area contributed by atoms with Crippen molar-refractivity contribution in [1.82, 2.24) is 19.9 Å². The second kappa shape index (κ2) is 4.26. The quantitative estimate of drug-likeness (QED) is 0.768. The molecule has 0 aromatic carbocycles. The largest absolute Gasteiger partial charge is 0.447 e. The predicted octanol–water partition coefficient (Wildman–Crippen LogP) is -0.102. The van der Waals surface area contributed by atoms with E-state index in [9.17, 15) is 4.79 Å². The maximum Gasteiger partial charge on any atom is 0.257 e. The Labute approximate surface area is 103 Å². The third kappa shape index (κ3) is 2.00. The van der Waals surface area contributed by atoms with Gasteiger partial charge in [-0.05, 0) is 0 Å². The van der Waals surface area contributed by atoms with Crippen molar-refractivity contribution in [2.45, 2.75) is 19.5 Å². The van der Waals surface area contributed by atoms with E-state index < -0.39 is 0 Å². The van der Waals surface area contributed by atoms with Gasteiger partial charge in [0.05, 0.1) is 24.0 Å². The fourth-order valence-corrected chi connectivity index (χ4v) is 2.18. The van der Waals surface area contributed by atoms with Gasteiger partial charge in [-0.25, -0.2) is 9.97 Å². The molecule has 18 heavy (non-hydrogen) atoms. The predicted molar refractivity (Wildman–Crippen MR) is 63.6 cm³/mol. The average molecular weight is 247 g/mol. The Morgan fingerprint density at radius 1 is 1.56 bits per heavy atom. The Morgan fingerprint density at radius 3 is 3.22 bits per heavy atom. The number of hydrogen-bond acceptors (Lipinski definition) is 6. The number of oxazole rings is 1. The van der Waals surface area contributed by atoms with Gasteiger partial charge in [0.15, 0.2) is 6.39 Å². The number of aromatic nitrogens is 3. The monoisotopic (exact) mass is 247 g/mol. The molecular weight excluding hydrogens is 234 g/mol. The van der Waals surface area contributed by atoms with Gasteiger partial charge < -0.3 is 10.2 Å². The van der Waals surface area contributed by atoms with E-state index in [1.54, 1.807) is 6.20 Å². The number of nitrogens with two attached hydrogens (primary N) is 1. The van der Waals surface area contributed by atoms with Gasteiger partial charge in [-0.15, -0.1) is 0 Å². The fraction of sp³-hybridized carbons (Fsp3) is 0.364. The SMILES string of the molecule is Nc1nc2c(c(=O)[nH]1)CN(Cc1cnco1)CC2. The van der Waals surface area contributed by atoms with Crippen LogP contribution in [0.25, 0.3) is 0 Å². The van der Waals surface area contributed by atoms with Crippen LogP contribution in [-0.4, -0.2) is 26.4 Å². The van der Waals surface area contributed by atoms with Crippen LogP contribution in [0.3, 0.4) is 0 Å². The Morgan fingerprint density at radius 2 is 2.44 bits per heavy atom. The molecule has 7 heteroatoms. The highest BCUT2D eigenvalue weighted by atomic mass is 16.3. The first-order valence-electron chi connectivity index (χ1n) is 5.69. The van der Waals surface area contributed by atoms with Crippen molar-refractivity contribution >= 4 is 5.95 Å². The molecule has 0 saturated heterocycles. The van der Waals surface area contributed by atoms with Gasteiger partial charge in [-0.1, -0.05) is 0 Å². The summed E-state index contributed by atoms with van der Waals surface area (Å²) in [5.41, 5.74) is 6.86. The van der Waals surface area contributed by atoms with Crippen LogP contribution in [0.4, 0.5) is 5.95 Å². The third-order valence-corrected chi connectivity index (χ3v) is 3.03. The second-order valence-corrected chi connectivity index (χ2v) is 4.30. The van der Waals surface area contributed by atoms with E-state index in [1.807, 2.05) is 0 Å². The van der Waals surface area contributed by atoms with E-state index >= 15 is 0 Å². The van der Waals surface area contributed by atoms with Crippen LogP contribution in [0.2, 0.25) is 0 Å². The Hall–Kier alpha value is -2.15. The molecule has 1 aliphatic heterocycles. The molecule has 0 radical (unpaired) electrons. The van der Waals surface area contributed by atoms with E-state index in [4.69, 9.17) is 10.2 Å². The molecule has 3 heterocycles. The van der Waals surface area contributed by atoms with Gasteiger partial charge >= 0.3 is 0 Å². The summed E-state index contributed by atoms with van der Waals surface area (Å²) in [6.45, 7) is 2.02. The molecule has 2 aromatic rings. The van der Waals surface area contributed by atoms with Crippen LogP contribution in [0, 0.1) is 0 Å². The Kier molecular flexibility index (Phi) is 2.60. The van der Waals surface area contributed by atoms with Gasteiger partial charge in [0.2, 0.25) is 5.95 Å². The summed E-state index contributed by atoms with van der Waals surface area (Å²) in [6, 6.07) is 0. The van der Waals surface area contributed by atoms with Gasteiger partial charge in [-0.2, -0.15) is 0 Å².